The van der Waals surface area contributed by atoms with Crippen LogP contribution in [0.1, 0.15) is 20.8 Å². The Morgan fingerprint density at radius 2 is 2.11 bits per heavy atom. The van der Waals surface area contributed by atoms with Gasteiger partial charge in [-0.05, 0) is 26.8 Å². The second-order valence-electron chi connectivity index (χ2n) is 4.90. The Balaban J connectivity index is 2.50. The molecule has 0 atom stereocenters. The number of benzene rings is 1. The van der Waals surface area contributed by atoms with Gasteiger partial charge in [-0.3, -0.25) is 0 Å². The average Bonchev–Trinajstić information content (AvgIpc) is 2.58. The quantitative estimate of drug-likeness (QED) is 0.782. The highest BCUT2D eigenvalue weighted by Gasteiger charge is 2.21. The molecule has 2 aromatic rings. The largest absolute Gasteiger partial charge is 0.508 e. The second kappa shape index (κ2) is 3.97. The fourth-order valence-electron chi connectivity index (χ4n) is 1.55. The van der Waals surface area contributed by atoms with Crippen molar-refractivity contribution >= 4 is 17.0 Å². The van der Waals surface area contributed by atoms with E-state index in [0.717, 1.165) is 10.7 Å². The molecule has 96 valence electrons. The maximum Gasteiger partial charge on any atom is 0.435 e. The van der Waals surface area contributed by atoms with Crippen LogP contribution < -0.4 is 0 Å². The second-order valence-corrected chi connectivity index (χ2v) is 4.90. The summed E-state index contributed by atoms with van der Waals surface area (Å²) in [5, 5.41) is 13.4. The van der Waals surface area contributed by atoms with Gasteiger partial charge < -0.3 is 9.84 Å². The van der Waals surface area contributed by atoms with Crippen molar-refractivity contribution in [1.82, 2.24) is 9.78 Å². The number of carbonyl (C=O) groups is 1. The number of ether oxygens (including phenoxy) is 1. The number of nitrogens with zero attached hydrogens (tertiary/aromatic N) is 2. The third-order valence-electron chi connectivity index (χ3n) is 2.17. The van der Waals surface area contributed by atoms with Gasteiger partial charge in [0.15, 0.2) is 5.82 Å². The number of carbonyl (C=O) groups excluding carboxylic acids is 1. The fourth-order valence-corrected chi connectivity index (χ4v) is 1.55. The van der Waals surface area contributed by atoms with Crippen LogP contribution in [-0.4, -0.2) is 26.6 Å². The van der Waals surface area contributed by atoms with E-state index in [2.05, 4.69) is 5.10 Å². The van der Waals surface area contributed by atoms with E-state index in [1.165, 1.54) is 12.3 Å². The maximum absolute atomic E-state index is 13.7. The number of phenolic OH excluding ortho intramolecular Hbond substituents is 1. The summed E-state index contributed by atoms with van der Waals surface area (Å²) >= 11 is 0. The summed E-state index contributed by atoms with van der Waals surface area (Å²) in [6.45, 7) is 5.12. The minimum Gasteiger partial charge on any atom is -0.508 e. The van der Waals surface area contributed by atoms with Gasteiger partial charge in [0.1, 0.15) is 16.9 Å². The highest BCUT2D eigenvalue weighted by molar-refractivity contribution is 5.88. The van der Waals surface area contributed by atoms with Crippen molar-refractivity contribution in [3.05, 3.63) is 24.1 Å². The lowest BCUT2D eigenvalue weighted by Crippen LogP contribution is -2.27. The smallest absolute Gasteiger partial charge is 0.435 e. The number of hydrogen-bond donors (Lipinski definition) is 1. The SMILES string of the molecule is CC(C)(C)OC(=O)n1ncc2cc(O)cc(F)c21. The van der Waals surface area contributed by atoms with Crippen molar-refractivity contribution in [2.75, 3.05) is 0 Å². The van der Waals surface area contributed by atoms with E-state index in [-0.39, 0.29) is 11.3 Å². The van der Waals surface area contributed by atoms with Gasteiger partial charge in [0.05, 0.1) is 6.20 Å². The summed E-state index contributed by atoms with van der Waals surface area (Å²) in [6, 6.07) is 2.25. The summed E-state index contributed by atoms with van der Waals surface area (Å²) in [5.74, 6) is -0.947. The lowest BCUT2D eigenvalue weighted by Gasteiger charge is -2.19. The molecule has 0 spiro atoms. The third-order valence-corrected chi connectivity index (χ3v) is 2.17. The van der Waals surface area contributed by atoms with Crippen LogP contribution in [0.15, 0.2) is 18.3 Å². The number of rotatable bonds is 0. The summed E-state index contributed by atoms with van der Waals surface area (Å²) < 4.78 is 19.7. The molecule has 0 saturated carbocycles. The zero-order valence-electron chi connectivity index (χ0n) is 10.3. The first-order valence-corrected chi connectivity index (χ1v) is 5.37. The van der Waals surface area contributed by atoms with Gasteiger partial charge in [0.2, 0.25) is 0 Å². The molecule has 0 aliphatic rings. The monoisotopic (exact) mass is 252 g/mol. The van der Waals surface area contributed by atoms with Crippen LogP contribution in [0, 0.1) is 5.82 Å². The lowest BCUT2D eigenvalue weighted by molar-refractivity contribution is 0.0521. The Labute approximate surface area is 103 Å². The van der Waals surface area contributed by atoms with E-state index in [0.29, 0.717) is 5.39 Å². The Bertz CT molecular complexity index is 614. The molecule has 0 radical (unpaired) electrons. The third kappa shape index (κ3) is 2.27. The molecule has 0 bridgehead atoms. The van der Waals surface area contributed by atoms with Gasteiger partial charge in [0.25, 0.3) is 0 Å². The van der Waals surface area contributed by atoms with Crippen LogP contribution in [0.5, 0.6) is 5.75 Å². The normalized spacial score (nSPS) is 11.8. The molecule has 1 heterocycles. The lowest BCUT2D eigenvalue weighted by atomic mass is 10.2. The Kier molecular flexibility index (Phi) is 2.73. The molecule has 0 aliphatic heterocycles. The van der Waals surface area contributed by atoms with Crippen LogP contribution in [0.3, 0.4) is 0 Å². The van der Waals surface area contributed by atoms with Crippen molar-refractivity contribution in [3.63, 3.8) is 0 Å². The number of halogens is 1. The zero-order valence-corrected chi connectivity index (χ0v) is 10.3. The van der Waals surface area contributed by atoms with E-state index in [1.807, 2.05) is 0 Å². The molecule has 0 aliphatic carbocycles. The molecule has 1 aromatic carbocycles. The number of aromatic nitrogens is 2. The summed E-state index contributed by atoms with van der Waals surface area (Å²) in [4.78, 5) is 11.8. The van der Waals surface area contributed by atoms with Crippen molar-refractivity contribution in [1.29, 1.82) is 0 Å². The van der Waals surface area contributed by atoms with Crippen LogP contribution in [0.25, 0.3) is 10.9 Å². The van der Waals surface area contributed by atoms with Gasteiger partial charge in [-0.15, -0.1) is 0 Å². The molecule has 0 saturated heterocycles. The van der Waals surface area contributed by atoms with Crippen molar-refractivity contribution in [3.8, 4) is 5.75 Å². The highest BCUT2D eigenvalue weighted by Crippen LogP contribution is 2.24. The molecule has 5 nitrogen and oxygen atoms in total. The Morgan fingerprint density at radius 3 is 2.72 bits per heavy atom. The molecule has 1 aromatic heterocycles. The summed E-state index contributed by atoms with van der Waals surface area (Å²) in [7, 11) is 0. The van der Waals surface area contributed by atoms with E-state index in [9.17, 15) is 14.3 Å². The molecule has 2 rings (SSSR count). The van der Waals surface area contributed by atoms with Gasteiger partial charge in [-0.25, -0.2) is 9.18 Å². The predicted octanol–water partition coefficient (Wildman–Crippen LogP) is 2.66. The van der Waals surface area contributed by atoms with Crippen molar-refractivity contribution in [2.24, 2.45) is 0 Å². The molecule has 1 N–H and O–H groups in total. The highest BCUT2D eigenvalue weighted by atomic mass is 19.1. The van der Waals surface area contributed by atoms with Crippen LogP contribution >= 0.6 is 0 Å². The first kappa shape index (κ1) is 12.3. The first-order valence-electron chi connectivity index (χ1n) is 5.37. The van der Waals surface area contributed by atoms with Crippen LogP contribution in [0.2, 0.25) is 0 Å². The average molecular weight is 252 g/mol. The van der Waals surface area contributed by atoms with Crippen molar-refractivity contribution in [2.45, 2.75) is 26.4 Å². The van der Waals surface area contributed by atoms with Gasteiger partial charge in [0, 0.05) is 11.5 Å². The number of fused-ring (bicyclic) bond motifs is 1. The number of phenols is 1. The minimum absolute atomic E-state index is 0.0120. The minimum atomic E-state index is -0.762. The molecule has 0 unspecified atom stereocenters. The van der Waals surface area contributed by atoms with Crippen LogP contribution in [0.4, 0.5) is 9.18 Å². The standard InChI is InChI=1S/C12H13FN2O3/c1-12(2,3)18-11(17)15-10-7(6-14-15)4-8(16)5-9(10)13/h4-6,16H,1-3H3. The molecule has 6 heteroatoms. The molecular formula is C12H13FN2O3. The van der Waals surface area contributed by atoms with E-state index in [1.54, 1.807) is 20.8 Å². The number of aromatic hydroxyl groups is 1. The van der Waals surface area contributed by atoms with Crippen LogP contribution in [-0.2, 0) is 4.74 Å². The van der Waals surface area contributed by atoms with E-state index >= 15 is 0 Å². The number of hydrogen-bond acceptors (Lipinski definition) is 4. The van der Waals surface area contributed by atoms with E-state index < -0.39 is 17.5 Å². The Morgan fingerprint density at radius 1 is 1.44 bits per heavy atom. The first-order chi connectivity index (χ1) is 8.28. The molecule has 18 heavy (non-hydrogen) atoms. The molecular weight excluding hydrogens is 239 g/mol. The maximum atomic E-state index is 13.7. The topological polar surface area (TPSA) is 64.4 Å². The Hall–Kier alpha value is -2.11. The predicted molar refractivity (Wildman–Crippen MR) is 63.0 cm³/mol. The summed E-state index contributed by atoms with van der Waals surface area (Å²) in [6.07, 6.45) is 0.532. The molecule has 0 fully saturated rings. The summed E-state index contributed by atoms with van der Waals surface area (Å²) in [5.41, 5.74) is -0.704. The molecule has 0 amide bonds. The van der Waals surface area contributed by atoms with Crippen molar-refractivity contribution < 1.29 is 19.0 Å². The van der Waals surface area contributed by atoms with E-state index in [4.69, 9.17) is 4.74 Å². The zero-order chi connectivity index (χ0) is 13.5. The fraction of sp³-hybridized carbons (Fsp3) is 0.333. The van der Waals surface area contributed by atoms with Gasteiger partial charge in [-0.1, -0.05) is 0 Å². The van der Waals surface area contributed by atoms with Gasteiger partial charge >= 0.3 is 6.09 Å². The van der Waals surface area contributed by atoms with Gasteiger partial charge in [-0.2, -0.15) is 9.78 Å².